The molecule has 0 saturated carbocycles. The van der Waals surface area contributed by atoms with E-state index < -0.39 is 0 Å². The minimum Gasteiger partial charge on any atom is -0.361 e. The van der Waals surface area contributed by atoms with Gasteiger partial charge in [-0.3, -0.25) is 14.9 Å². The zero-order valence-electron chi connectivity index (χ0n) is 21.1. The van der Waals surface area contributed by atoms with Crippen molar-refractivity contribution in [2.75, 3.05) is 44.2 Å². The first-order valence-electron chi connectivity index (χ1n) is 13.0. The van der Waals surface area contributed by atoms with E-state index >= 15 is 0 Å². The molecule has 0 spiro atoms. The van der Waals surface area contributed by atoms with E-state index in [9.17, 15) is 9.59 Å². The molecular weight excluding hydrogens is 454 g/mol. The number of carbonyl (C=O) groups is 2. The van der Waals surface area contributed by atoms with E-state index in [1.165, 1.54) is 5.39 Å². The fraction of sp³-hybridized carbons (Fsp3) is 0.429. The number of amides is 3. The van der Waals surface area contributed by atoms with Crippen LogP contribution in [0, 0.1) is 0 Å². The number of benzene rings is 2. The monoisotopic (exact) mass is 491 g/mol. The average molecular weight is 492 g/mol. The van der Waals surface area contributed by atoms with Gasteiger partial charge >= 0.3 is 6.03 Å². The molecule has 36 heavy (non-hydrogen) atoms. The van der Waals surface area contributed by atoms with E-state index in [1.54, 1.807) is 5.48 Å². The molecule has 4 rings (SSSR count). The molecule has 2 heterocycles. The summed E-state index contributed by atoms with van der Waals surface area (Å²) < 4.78 is 0. The highest BCUT2D eigenvalue weighted by Gasteiger charge is 2.25. The fourth-order valence-corrected chi connectivity index (χ4v) is 4.79. The number of H-pyrrole nitrogens is 1. The number of piperazine rings is 1. The maximum atomic E-state index is 13.6. The number of nitrogens with one attached hydrogen (secondary N) is 2. The molecule has 0 unspecified atom stereocenters. The molecular formula is C28H37N5O3. The topological polar surface area (TPSA) is 91.9 Å². The van der Waals surface area contributed by atoms with Gasteiger partial charge in [-0.05, 0) is 66.2 Å². The quantitative estimate of drug-likeness (QED) is 0.215. The van der Waals surface area contributed by atoms with Crippen molar-refractivity contribution in [1.82, 2.24) is 20.3 Å². The van der Waals surface area contributed by atoms with Crippen molar-refractivity contribution < 1.29 is 14.8 Å². The summed E-state index contributed by atoms with van der Waals surface area (Å²) in [5, 5.41) is 9.81. The SMILES string of the molecule is CCN1CCN(C(=O)N(CCCCCCC(=O)NO)c2ccc(-c3ccc4[nH]ccc4c3)cc2)CC1. The lowest BCUT2D eigenvalue weighted by molar-refractivity contribution is -0.129. The minimum absolute atomic E-state index is 0.0619. The Bertz CT molecular complexity index is 1140. The van der Waals surface area contributed by atoms with Gasteiger partial charge in [0, 0.05) is 56.5 Å². The molecule has 0 atom stereocenters. The Morgan fingerprint density at radius 2 is 1.67 bits per heavy atom. The fourth-order valence-electron chi connectivity index (χ4n) is 4.79. The lowest BCUT2D eigenvalue weighted by Crippen LogP contribution is -2.53. The number of hydrogen-bond donors (Lipinski definition) is 3. The van der Waals surface area contributed by atoms with Crippen LogP contribution >= 0.6 is 0 Å². The number of aromatic nitrogens is 1. The van der Waals surface area contributed by atoms with E-state index in [2.05, 4.69) is 53.2 Å². The summed E-state index contributed by atoms with van der Waals surface area (Å²) in [6.45, 7) is 7.10. The van der Waals surface area contributed by atoms with Gasteiger partial charge in [-0.15, -0.1) is 0 Å². The molecule has 3 N–H and O–H groups in total. The number of urea groups is 1. The first-order chi connectivity index (χ1) is 17.6. The third kappa shape index (κ3) is 6.44. The number of unbranched alkanes of at least 4 members (excludes halogenated alkanes) is 3. The Hall–Kier alpha value is -3.36. The molecule has 8 heteroatoms. The number of aromatic amines is 1. The standard InChI is InChI=1S/C28H37N5O3/c1-2-31-17-19-32(20-18-31)28(35)33(16-6-4-3-5-7-27(34)30-36)25-11-8-22(9-12-25)23-10-13-26-24(21-23)14-15-29-26/h8-15,21,29,36H,2-7,16-20H2,1H3,(H,30,34). The second-order valence-electron chi connectivity index (χ2n) is 9.38. The summed E-state index contributed by atoms with van der Waals surface area (Å²) in [5.74, 6) is -0.353. The van der Waals surface area contributed by atoms with Crippen molar-refractivity contribution in [3.63, 3.8) is 0 Å². The van der Waals surface area contributed by atoms with Crippen LogP contribution in [-0.2, 0) is 4.79 Å². The number of nitrogens with zero attached hydrogens (tertiary/aromatic N) is 3. The van der Waals surface area contributed by atoms with Gasteiger partial charge in [0.15, 0.2) is 0 Å². The van der Waals surface area contributed by atoms with Crippen molar-refractivity contribution in [2.24, 2.45) is 0 Å². The molecule has 1 aliphatic rings. The number of likely N-dealkylation sites (N-methyl/N-ethyl adjacent to an activating group) is 1. The average Bonchev–Trinajstić information content (AvgIpc) is 3.40. The maximum Gasteiger partial charge on any atom is 0.324 e. The van der Waals surface area contributed by atoms with Crippen LogP contribution in [-0.4, -0.2) is 71.2 Å². The van der Waals surface area contributed by atoms with Gasteiger partial charge in [0.05, 0.1) is 0 Å². The largest absolute Gasteiger partial charge is 0.361 e. The van der Waals surface area contributed by atoms with Crippen LogP contribution in [0.2, 0.25) is 0 Å². The molecule has 3 amide bonds. The molecule has 0 bridgehead atoms. The van der Waals surface area contributed by atoms with Crippen LogP contribution in [0.5, 0.6) is 0 Å². The van der Waals surface area contributed by atoms with E-state index in [4.69, 9.17) is 5.21 Å². The van der Waals surface area contributed by atoms with Crippen LogP contribution in [0.3, 0.4) is 0 Å². The second-order valence-corrected chi connectivity index (χ2v) is 9.38. The Kier molecular flexibility index (Phi) is 8.97. The predicted octanol–water partition coefficient (Wildman–Crippen LogP) is 4.85. The Morgan fingerprint density at radius 1 is 0.944 bits per heavy atom. The summed E-state index contributed by atoms with van der Waals surface area (Å²) in [5.41, 5.74) is 5.97. The van der Waals surface area contributed by atoms with Crippen molar-refractivity contribution in [2.45, 2.75) is 39.0 Å². The molecule has 0 radical (unpaired) electrons. The zero-order chi connectivity index (χ0) is 25.3. The first kappa shape index (κ1) is 25.7. The molecule has 0 aliphatic carbocycles. The number of carbonyl (C=O) groups excluding carboxylic acids is 2. The zero-order valence-corrected chi connectivity index (χ0v) is 21.1. The lowest BCUT2D eigenvalue weighted by Gasteiger charge is -2.37. The number of anilines is 1. The van der Waals surface area contributed by atoms with Gasteiger partial charge in [-0.2, -0.15) is 0 Å². The van der Waals surface area contributed by atoms with Gasteiger partial charge in [-0.1, -0.05) is 38.0 Å². The molecule has 1 fully saturated rings. The summed E-state index contributed by atoms with van der Waals surface area (Å²) in [6.07, 6.45) is 5.64. The van der Waals surface area contributed by atoms with Gasteiger partial charge in [-0.25, -0.2) is 10.3 Å². The highest BCUT2D eigenvalue weighted by molar-refractivity contribution is 5.92. The van der Waals surface area contributed by atoms with E-state index in [0.717, 1.165) is 80.7 Å². The van der Waals surface area contributed by atoms with Crippen molar-refractivity contribution in [3.8, 4) is 11.1 Å². The minimum atomic E-state index is -0.353. The van der Waals surface area contributed by atoms with E-state index in [0.29, 0.717) is 13.0 Å². The summed E-state index contributed by atoms with van der Waals surface area (Å²) >= 11 is 0. The molecule has 3 aromatic rings. The Balaban J connectivity index is 1.43. The van der Waals surface area contributed by atoms with Gasteiger partial charge in [0.25, 0.3) is 0 Å². The number of hydroxylamine groups is 1. The van der Waals surface area contributed by atoms with E-state index in [1.807, 2.05) is 28.1 Å². The maximum absolute atomic E-state index is 13.6. The molecule has 8 nitrogen and oxygen atoms in total. The highest BCUT2D eigenvalue weighted by Crippen LogP contribution is 2.27. The normalized spacial score (nSPS) is 14.2. The molecule has 1 aromatic heterocycles. The third-order valence-electron chi connectivity index (χ3n) is 7.05. The highest BCUT2D eigenvalue weighted by atomic mass is 16.5. The van der Waals surface area contributed by atoms with Crippen LogP contribution in [0.4, 0.5) is 10.5 Å². The van der Waals surface area contributed by atoms with Crippen molar-refractivity contribution in [1.29, 1.82) is 0 Å². The molecule has 192 valence electrons. The Morgan fingerprint density at radius 3 is 2.39 bits per heavy atom. The van der Waals surface area contributed by atoms with Gasteiger partial charge < -0.3 is 14.8 Å². The molecule has 1 saturated heterocycles. The van der Waals surface area contributed by atoms with Gasteiger partial charge in [0.1, 0.15) is 0 Å². The molecule has 1 aliphatic heterocycles. The molecule has 2 aromatic carbocycles. The van der Waals surface area contributed by atoms with Crippen LogP contribution in [0.15, 0.2) is 54.7 Å². The van der Waals surface area contributed by atoms with Crippen LogP contribution in [0.25, 0.3) is 22.0 Å². The van der Waals surface area contributed by atoms with E-state index in [-0.39, 0.29) is 11.9 Å². The number of hydrogen-bond acceptors (Lipinski definition) is 4. The van der Waals surface area contributed by atoms with Crippen molar-refractivity contribution >= 4 is 28.5 Å². The number of rotatable bonds is 10. The Labute approximate surface area is 212 Å². The van der Waals surface area contributed by atoms with Gasteiger partial charge in [0.2, 0.25) is 5.91 Å². The van der Waals surface area contributed by atoms with Crippen molar-refractivity contribution in [3.05, 3.63) is 54.7 Å². The smallest absolute Gasteiger partial charge is 0.324 e. The summed E-state index contributed by atoms with van der Waals surface area (Å²) in [7, 11) is 0. The summed E-state index contributed by atoms with van der Waals surface area (Å²) in [4.78, 5) is 34.2. The summed E-state index contributed by atoms with van der Waals surface area (Å²) in [6, 6.07) is 16.8. The second kappa shape index (κ2) is 12.6. The first-order valence-corrected chi connectivity index (χ1v) is 13.0. The van der Waals surface area contributed by atoms with Crippen LogP contribution in [0.1, 0.15) is 39.0 Å². The lowest BCUT2D eigenvalue weighted by atomic mass is 10.0. The number of fused-ring (bicyclic) bond motifs is 1. The third-order valence-corrected chi connectivity index (χ3v) is 7.05. The predicted molar refractivity (Wildman–Crippen MR) is 143 cm³/mol. The van der Waals surface area contributed by atoms with Crippen LogP contribution < -0.4 is 10.4 Å².